The molecule has 106 valence electrons. The standard InChI is InChI=1S/C17H28N2/c1-13(2)11-14(3)19(4)17-9-10-18-12-15-7-5-6-8-16(15)17/h5-8,13-14,17-18H,9-12H2,1-4H3. The van der Waals surface area contributed by atoms with Crippen LogP contribution in [-0.4, -0.2) is 24.5 Å². The molecule has 0 amide bonds. The molecule has 2 unspecified atom stereocenters. The number of nitrogens with one attached hydrogen (secondary N) is 1. The lowest BCUT2D eigenvalue weighted by Gasteiger charge is -2.34. The van der Waals surface area contributed by atoms with Crippen molar-refractivity contribution in [2.24, 2.45) is 5.92 Å². The first-order valence-corrected chi connectivity index (χ1v) is 7.60. The molecule has 0 bridgehead atoms. The summed E-state index contributed by atoms with van der Waals surface area (Å²) in [6, 6.07) is 10.1. The highest BCUT2D eigenvalue weighted by atomic mass is 15.2. The van der Waals surface area contributed by atoms with Crippen LogP contribution in [0.4, 0.5) is 0 Å². The van der Waals surface area contributed by atoms with Gasteiger partial charge in [0, 0.05) is 18.6 Å². The fourth-order valence-corrected chi connectivity index (χ4v) is 3.22. The van der Waals surface area contributed by atoms with Crippen LogP contribution in [-0.2, 0) is 6.54 Å². The predicted molar refractivity (Wildman–Crippen MR) is 82.2 cm³/mol. The van der Waals surface area contributed by atoms with Crippen molar-refractivity contribution in [2.75, 3.05) is 13.6 Å². The molecule has 19 heavy (non-hydrogen) atoms. The van der Waals surface area contributed by atoms with Crippen molar-refractivity contribution in [3.8, 4) is 0 Å². The Hall–Kier alpha value is -0.860. The summed E-state index contributed by atoms with van der Waals surface area (Å²) < 4.78 is 0. The Bertz CT molecular complexity index is 400. The normalized spacial score (nSPS) is 21.3. The van der Waals surface area contributed by atoms with Crippen molar-refractivity contribution in [3.05, 3.63) is 35.4 Å². The lowest BCUT2D eigenvalue weighted by molar-refractivity contribution is 0.158. The summed E-state index contributed by atoms with van der Waals surface area (Å²) in [4.78, 5) is 2.58. The lowest BCUT2D eigenvalue weighted by Crippen LogP contribution is -2.34. The SMILES string of the molecule is CC(C)CC(C)N(C)C1CCNCc2ccccc21. The van der Waals surface area contributed by atoms with E-state index in [4.69, 9.17) is 0 Å². The van der Waals surface area contributed by atoms with E-state index < -0.39 is 0 Å². The number of hydrogen-bond donors (Lipinski definition) is 1. The first kappa shape index (κ1) is 14.5. The lowest BCUT2D eigenvalue weighted by atomic mass is 9.95. The van der Waals surface area contributed by atoms with Gasteiger partial charge in [-0.25, -0.2) is 0 Å². The van der Waals surface area contributed by atoms with Gasteiger partial charge in [-0.3, -0.25) is 4.90 Å². The van der Waals surface area contributed by atoms with Gasteiger partial charge in [0.05, 0.1) is 0 Å². The van der Waals surface area contributed by atoms with E-state index in [0.717, 1.165) is 19.0 Å². The van der Waals surface area contributed by atoms with Gasteiger partial charge >= 0.3 is 0 Å². The summed E-state index contributed by atoms with van der Waals surface area (Å²) in [6.07, 6.45) is 2.47. The molecule has 0 spiro atoms. The monoisotopic (exact) mass is 260 g/mol. The third-order valence-corrected chi connectivity index (χ3v) is 4.32. The van der Waals surface area contributed by atoms with E-state index in [2.05, 4.69) is 62.3 Å². The van der Waals surface area contributed by atoms with Crippen LogP contribution in [0, 0.1) is 5.92 Å². The van der Waals surface area contributed by atoms with Crippen molar-refractivity contribution in [2.45, 2.75) is 52.2 Å². The Morgan fingerprint density at radius 3 is 2.74 bits per heavy atom. The largest absolute Gasteiger partial charge is 0.313 e. The number of benzene rings is 1. The van der Waals surface area contributed by atoms with Crippen LogP contribution >= 0.6 is 0 Å². The molecule has 0 saturated heterocycles. The maximum Gasteiger partial charge on any atom is 0.0363 e. The van der Waals surface area contributed by atoms with Crippen LogP contribution in [0.5, 0.6) is 0 Å². The highest BCUT2D eigenvalue weighted by Gasteiger charge is 2.25. The number of hydrogen-bond acceptors (Lipinski definition) is 2. The summed E-state index contributed by atoms with van der Waals surface area (Å²) >= 11 is 0. The van der Waals surface area contributed by atoms with Crippen molar-refractivity contribution < 1.29 is 0 Å². The molecule has 1 heterocycles. The molecule has 1 aromatic carbocycles. The molecule has 0 aromatic heterocycles. The zero-order valence-corrected chi connectivity index (χ0v) is 12.8. The maximum atomic E-state index is 3.54. The molecule has 2 rings (SSSR count). The minimum atomic E-state index is 0.556. The van der Waals surface area contributed by atoms with E-state index in [1.165, 1.54) is 24.0 Å². The Morgan fingerprint density at radius 2 is 2.00 bits per heavy atom. The second kappa shape index (κ2) is 6.53. The van der Waals surface area contributed by atoms with E-state index in [1.54, 1.807) is 0 Å². The van der Waals surface area contributed by atoms with Crippen LogP contribution in [0.15, 0.2) is 24.3 Å². The third kappa shape index (κ3) is 3.58. The smallest absolute Gasteiger partial charge is 0.0363 e. The van der Waals surface area contributed by atoms with E-state index >= 15 is 0 Å². The van der Waals surface area contributed by atoms with Crippen molar-refractivity contribution in [3.63, 3.8) is 0 Å². The second-order valence-corrected chi connectivity index (χ2v) is 6.32. The quantitative estimate of drug-likeness (QED) is 0.890. The molecule has 1 aromatic rings. The Balaban J connectivity index is 2.19. The molecule has 2 atom stereocenters. The average Bonchev–Trinajstić information content (AvgIpc) is 2.59. The van der Waals surface area contributed by atoms with Crippen LogP contribution in [0.1, 0.15) is 50.8 Å². The second-order valence-electron chi connectivity index (χ2n) is 6.32. The number of nitrogens with zero attached hydrogens (tertiary/aromatic N) is 1. The van der Waals surface area contributed by atoms with E-state index in [1.807, 2.05) is 0 Å². The molecular formula is C17H28N2. The molecule has 2 heteroatoms. The minimum Gasteiger partial charge on any atom is -0.313 e. The van der Waals surface area contributed by atoms with Gasteiger partial charge in [-0.1, -0.05) is 38.1 Å². The third-order valence-electron chi connectivity index (χ3n) is 4.32. The molecule has 1 N–H and O–H groups in total. The van der Waals surface area contributed by atoms with Crippen LogP contribution in [0.25, 0.3) is 0 Å². The van der Waals surface area contributed by atoms with Gasteiger partial charge in [-0.05, 0) is 50.4 Å². The van der Waals surface area contributed by atoms with Crippen LogP contribution in [0.2, 0.25) is 0 Å². The maximum absolute atomic E-state index is 3.54. The average molecular weight is 260 g/mol. The van der Waals surface area contributed by atoms with Crippen molar-refractivity contribution >= 4 is 0 Å². The highest BCUT2D eigenvalue weighted by molar-refractivity contribution is 5.31. The van der Waals surface area contributed by atoms with E-state index in [-0.39, 0.29) is 0 Å². The van der Waals surface area contributed by atoms with E-state index in [0.29, 0.717) is 12.1 Å². The van der Waals surface area contributed by atoms with Gasteiger partial charge in [-0.2, -0.15) is 0 Å². The summed E-state index contributed by atoms with van der Waals surface area (Å²) in [6.45, 7) is 9.11. The first-order valence-electron chi connectivity index (χ1n) is 7.60. The summed E-state index contributed by atoms with van der Waals surface area (Å²) in [5, 5.41) is 3.54. The zero-order valence-electron chi connectivity index (χ0n) is 12.8. The van der Waals surface area contributed by atoms with E-state index in [9.17, 15) is 0 Å². The molecular weight excluding hydrogens is 232 g/mol. The zero-order chi connectivity index (χ0) is 13.8. The summed E-state index contributed by atoms with van der Waals surface area (Å²) in [5.74, 6) is 0.761. The summed E-state index contributed by atoms with van der Waals surface area (Å²) in [5.41, 5.74) is 2.99. The number of rotatable bonds is 4. The minimum absolute atomic E-state index is 0.556. The van der Waals surface area contributed by atoms with Gasteiger partial charge in [0.25, 0.3) is 0 Å². The Morgan fingerprint density at radius 1 is 1.26 bits per heavy atom. The topological polar surface area (TPSA) is 15.3 Å². The van der Waals surface area contributed by atoms with Crippen LogP contribution < -0.4 is 5.32 Å². The predicted octanol–water partition coefficient (Wildman–Crippen LogP) is 3.59. The van der Waals surface area contributed by atoms with Crippen LogP contribution in [0.3, 0.4) is 0 Å². The molecule has 1 aliphatic rings. The van der Waals surface area contributed by atoms with Crippen molar-refractivity contribution in [1.29, 1.82) is 0 Å². The van der Waals surface area contributed by atoms with Crippen molar-refractivity contribution in [1.82, 2.24) is 10.2 Å². The molecule has 2 nitrogen and oxygen atoms in total. The highest BCUT2D eigenvalue weighted by Crippen LogP contribution is 2.30. The van der Waals surface area contributed by atoms with Gasteiger partial charge in [0.2, 0.25) is 0 Å². The fourth-order valence-electron chi connectivity index (χ4n) is 3.22. The van der Waals surface area contributed by atoms with Gasteiger partial charge in [0.15, 0.2) is 0 Å². The molecule has 0 radical (unpaired) electrons. The first-order chi connectivity index (χ1) is 9.09. The summed E-state index contributed by atoms with van der Waals surface area (Å²) in [7, 11) is 2.29. The Kier molecular flexibility index (Phi) is 5.00. The fraction of sp³-hybridized carbons (Fsp3) is 0.647. The number of fused-ring (bicyclic) bond motifs is 1. The van der Waals surface area contributed by atoms with Gasteiger partial charge in [-0.15, -0.1) is 0 Å². The molecule has 0 saturated carbocycles. The van der Waals surface area contributed by atoms with Gasteiger partial charge in [0.1, 0.15) is 0 Å². The Labute approximate surface area is 118 Å². The molecule has 1 aliphatic heterocycles. The van der Waals surface area contributed by atoms with Gasteiger partial charge < -0.3 is 5.32 Å². The molecule has 0 fully saturated rings. The molecule has 0 aliphatic carbocycles.